The molecular weight excluding hydrogens is 233 g/mol. The lowest BCUT2D eigenvalue weighted by Gasteiger charge is -2.14. The third-order valence-electron chi connectivity index (χ3n) is 2.60. The second-order valence-electron chi connectivity index (χ2n) is 4.45. The van der Waals surface area contributed by atoms with Gasteiger partial charge >= 0.3 is 0 Å². The number of ether oxygens (including phenoxy) is 1. The highest BCUT2D eigenvalue weighted by Gasteiger charge is 2.06. The molecule has 0 radical (unpaired) electrons. The largest absolute Gasteiger partial charge is 0.389 e. The average molecular weight is 255 g/mol. The summed E-state index contributed by atoms with van der Waals surface area (Å²) in [5.41, 5.74) is 1.40. The summed E-state index contributed by atoms with van der Waals surface area (Å²) in [5.74, 6) is -0.306. The van der Waals surface area contributed by atoms with Crippen molar-refractivity contribution in [3.63, 3.8) is 0 Å². The molecule has 1 aromatic rings. The number of aliphatic hydroxyl groups is 1. The van der Waals surface area contributed by atoms with Gasteiger partial charge < -0.3 is 15.2 Å². The Labute approximate surface area is 108 Å². The second kappa shape index (κ2) is 8.06. The molecule has 0 aliphatic rings. The summed E-state index contributed by atoms with van der Waals surface area (Å²) in [6.07, 6.45) is 1.44. The summed E-state index contributed by atoms with van der Waals surface area (Å²) in [6.45, 7) is 5.20. The molecule has 0 aliphatic carbocycles. The van der Waals surface area contributed by atoms with Gasteiger partial charge in [-0.3, -0.25) is 0 Å². The molecule has 1 rings (SSSR count). The van der Waals surface area contributed by atoms with Crippen molar-refractivity contribution in [2.24, 2.45) is 0 Å². The van der Waals surface area contributed by atoms with Crippen LogP contribution >= 0.6 is 0 Å². The number of aliphatic hydroxyl groups excluding tert-OH is 1. The van der Waals surface area contributed by atoms with E-state index < -0.39 is 6.10 Å². The zero-order chi connectivity index (χ0) is 13.4. The molecule has 102 valence electrons. The van der Waals surface area contributed by atoms with E-state index in [0.29, 0.717) is 12.3 Å². The van der Waals surface area contributed by atoms with Gasteiger partial charge in [-0.05, 0) is 31.0 Å². The fourth-order valence-corrected chi connectivity index (χ4v) is 1.53. The Balaban J connectivity index is 2.29. The SMILES string of the molecule is CCCCOCC(O)CNc1cc(C)ccc1F. The van der Waals surface area contributed by atoms with E-state index in [1.165, 1.54) is 6.07 Å². The van der Waals surface area contributed by atoms with Crippen LogP contribution in [0.4, 0.5) is 10.1 Å². The molecule has 0 bridgehead atoms. The van der Waals surface area contributed by atoms with E-state index >= 15 is 0 Å². The van der Waals surface area contributed by atoms with Crippen molar-refractivity contribution in [3.8, 4) is 0 Å². The van der Waals surface area contributed by atoms with Crippen LogP contribution < -0.4 is 5.32 Å². The Hall–Kier alpha value is -1.13. The van der Waals surface area contributed by atoms with Crippen molar-refractivity contribution in [2.75, 3.05) is 25.1 Å². The third-order valence-corrected chi connectivity index (χ3v) is 2.60. The summed E-state index contributed by atoms with van der Waals surface area (Å²) in [4.78, 5) is 0. The van der Waals surface area contributed by atoms with Gasteiger partial charge in [0, 0.05) is 13.2 Å². The Kier molecular flexibility index (Phi) is 6.68. The number of nitrogens with one attached hydrogen (secondary N) is 1. The molecule has 18 heavy (non-hydrogen) atoms. The number of aryl methyl sites for hydroxylation is 1. The van der Waals surface area contributed by atoms with Crippen molar-refractivity contribution in [2.45, 2.75) is 32.8 Å². The maximum atomic E-state index is 13.4. The fourth-order valence-electron chi connectivity index (χ4n) is 1.53. The topological polar surface area (TPSA) is 41.5 Å². The van der Waals surface area contributed by atoms with E-state index in [4.69, 9.17) is 4.74 Å². The van der Waals surface area contributed by atoms with Crippen molar-refractivity contribution in [3.05, 3.63) is 29.6 Å². The van der Waals surface area contributed by atoms with Gasteiger partial charge in [-0.1, -0.05) is 19.4 Å². The molecule has 0 aliphatic heterocycles. The highest BCUT2D eigenvalue weighted by Crippen LogP contribution is 2.15. The maximum absolute atomic E-state index is 13.4. The van der Waals surface area contributed by atoms with Crippen LogP contribution in [0.5, 0.6) is 0 Å². The molecular formula is C14H22FNO2. The van der Waals surface area contributed by atoms with Gasteiger partial charge in [-0.25, -0.2) is 4.39 Å². The molecule has 0 amide bonds. The van der Waals surface area contributed by atoms with Gasteiger partial charge in [0.25, 0.3) is 0 Å². The Morgan fingerprint density at radius 2 is 2.22 bits per heavy atom. The van der Waals surface area contributed by atoms with Crippen LogP contribution in [-0.4, -0.2) is 31.0 Å². The van der Waals surface area contributed by atoms with Crippen LogP contribution in [0.25, 0.3) is 0 Å². The van der Waals surface area contributed by atoms with Crippen molar-refractivity contribution < 1.29 is 14.2 Å². The number of halogens is 1. The molecule has 0 saturated carbocycles. The number of unbranched alkanes of at least 4 members (excludes halogenated alkanes) is 1. The predicted octanol–water partition coefficient (Wildman–Crippen LogP) is 2.72. The number of hydrogen-bond donors (Lipinski definition) is 2. The van der Waals surface area contributed by atoms with Crippen LogP contribution in [0, 0.1) is 12.7 Å². The van der Waals surface area contributed by atoms with Crippen molar-refractivity contribution in [1.29, 1.82) is 0 Å². The molecule has 0 heterocycles. The maximum Gasteiger partial charge on any atom is 0.146 e. The highest BCUT2D eigenvalue weighted by atomic mass is 19.1. The zero-order valence-corrected chi connectivity index (χ0v) is 11.1. The van der Waals surface area contributed by atoms with E-state index in [2.05, 4.69) is 12.2 Å². The molecule has 3 nitrogen and oxygen atoms in total. The minimum Gasteiger partial charge on any atom is -0.389 e. The molecule has 1 atom stereocenters. The minimum absolute atomic E-state index is 0.278. The Bertz CT molecular complexity index is 358. The molecule has 4 heteroatoms. The van der Waals surface area contributed by atoms with Gasteiger partial charge in [0.05, 0.1) is 18.4 Å². The standard InChI is InChI=1S/C14H22FNO2/c1-3-4-7-18-10-12(17)9-16-14-8-11(2)5-6-13(14)15/h5-6,8,12,16-17H,3-4,7,9-10H2,1-2H3. The lowest BCUT2D eigenvalue weighted by atomic mass is 10.2. The van der Waals surface area contributed by atoms with Crippen LogP contribution in [0.1, 0.15) is 25.3 Å². The van der Waals surface area contributed by atoms with Crippen LogP contribution in [0.15, 0.2) is 18.2 Å². The van der Waals surface area contributed by atoms with Crippen LogP contribution in [0.2, 0.25) is 0 Å². The lowest BCUT2D eigenvalue weighted by Crippen LogP contribution is -2.25. The van der Waals surface area contributed by atoms with Gasteiger partial charge in [0.1, 0.15) is 5.82 Å². The minimum atomic E-state index is -0.623. The van der Waals surface area contributed by atoms with E-state index in [0.717, 1.165) is 18.4 Å². The van der Waals surface area contributed by atoms with E-state index in [-0.39, 0.29) is 19.0 Å². The molecule has 1 aromatic carbocycles. The summed E-state index contributed by atoms with van der Waals surface area (Å²) in [6, 6.07) is 4.85. The summed E-state index contributed by atoms with van der Waals surface area (Å²) < 4.78 is 18.7. The molecule has 0 saturated heterocycles. The van der Waals surface area contributed by atoms with Gasteiger partial charge in [0.2, 0.25) is 0 Å². The van der Waals surface area contributed by atoms with E-state index in [9.17, 15) is 9.50 Å². The summed E-state index contributed by atoms with van der Waals surface area (Å²) in [7, 11) is 0. The molecule has 2 N–H and O–H groups in total. The van der Waals surface area contributed by atoms with Gasteiger partial charge in [0.15, 0.2) is 0 Å². The van der Waals surface area contributed by atoms with Gasteiger partial charge in [-0.2, -0.15) is 0 Å². The van der Waals surface area contributed by atoms with Gasteiger partial charge in [-0.15, -0.1) is 0 Å². The first-order valence-electron chi connectivity index (χ1n) is 6.39. The molecule has 0 aromatic heterocycles. The van der Waals surface area contributed by atoms with E-state index in [1.54, 1.807) is 12.1 Å². The summed E-state index contributed by atoms with van der Waals surface area (Å²) in [5, 5.41) is 12.5. The highest BCUT2D eigenvalue weighted by molar-refractivity contribution is 5.47. The van der Waals surface area contributed by atoms with E-state index in [1.807, 2.05) is 6.92 Å². The smallest absolute Gasteiger partial charge is 0.146 e. The van der Waals surface area contributed by atoms with Crippen molar-refractivity contribution in [1.82, 2.24) is 0 Å². The fraction of sp³-hybridized carbons (Fsp3) is 0.571. The van der Waals surface area contributed by atoms with Crippen molar-refractivity contribution >= 4 is 5.69 Å². The average Bonchev–Trinajstić information content (AvgIpc) is 2.36. The first kappa shape index (κ1) is 14.9. The normalized spacial score (nSPS) is 12.4. The predicted molar refractivity (Wildman–Crippen MR) is 71.4 cm³/mol. The number of rotatable bonds is 8. The monoisotopic (exact) mass is 255 g/mol. The van der Waals surface area contributed by atoms with Crippen LogP contribution in [0.3, 0.4) is 0 Å². The first-order valence-corrected chi connectivity index (χ1v) is 6.39. The number of hydrogen-bond acceptors (Lipinski definition) is 3. The third kappa shape index (κ3) is 5.47. The number of benzene rings is 1. The molecule has 1 unspecified atom stereocenters. The summed E-state index contributed by atoms with van der Waals surface area (Å²) >= 11 is 0. The van der Waals surface area contributed by atoms with Crippen LogP contribution in [-0.2, 0) is 4.74 Å². The quantitative estimate of drug-likeness (QED) is 0.702. The zero-order valence-electron chi connectivity index (χ0n) is 11.1. The Morgan fingerprint density at radius 1 is 1.44 bits per heavy atom. The molecule has 0 spiro atoms. The Morgan fingerprint density at radius 3 is 2.94 bits per heavy atom. The molecule has 0 fully saturated rings. The first-order chi connectivity index (χ1) is 8.63. The lowest BCUT2D eigenvalue weighted by molar-refractivity contribution is 0.0421. The second-order valence-corrected chi connectivity index (χ2v) is 4.45. The number of anilines is 1.